The molecule has 1 atom stereocenters. The van der Waals surface area contributed by atoms with E-state index in [1.54, 1.807) is 21.0 Å². The smallest absolute Gasteiger partial charge is 0.356 e. The Morgan fingerprint density at radius 1 is 1.46 bits per heavy atom. The molecule has 3 heterocycles. The fourth-order valence-corrected chi connectivity index (χ4v) is 2.26. The maximum atomic E-state index is 13.7. The number of aliphatic carboxylic acids is 1. The first kappa shape index (κ1) is 17.3. The van der Waals surface area contributed by atoms with Crippen LogP contribution in [0.2, 0.25) is 0 Å². The fourth-order valence-electron chi connectivity index (χ4n) is 2.26. The Morgan fingerprint density at radius 3 is 2.77 bits per heavy atom. The number of halogens is 1. The highest BCUT2D eigenvalue weighted by Crippen LogP contribution is 2.24. The van der Waals surface area contributed by atoms with Gasteiger partial charge in [0.05, 0.1) is 0 Å². The molecule has 1 aliphatic rings. The van der Waals surface area contributed by atoms with Gasteiger partial charge in [0.25, 0.3) is 6.29 Å². The maximum Gasteiger partial charge on any atom is 0.356 e. The number of esters is 1. The van der Waals surface area contributed by atoms with Gasteiger partial charge in [-0.3, -0.25) is 4.57 Å². The van der Waals surface area contributed by atoms with Gasteiger partial charge in [-0.25, -0.2) is 14.6 Å². The SMILES string of the molecule is CC1=CC(O/C=C(/C(=O)O)n2cnc3c(N(C)C)nc(F)nc32)OC1=O. The van der Waals surface area contributed by atoms with Gasteiger partial charge in [0.15, 0.2) is 22.7 Å². The van der Waals surface area contributed by atoms with Crippen LogP contribution in [0.5, 0.6) is 0 Å². The topological polar surface area (TPSA) is 120 Å². The van der Waals surface area contributed by atoms with Crippen LogP contribution in [0.25, 0.3) is 16.9 Å². The minimum absolute atomic E-state index is 0.0476. The molecule has 0 radical (unpaired) electrons. The lowest BCUT2D eigenvalue weighted by Gasteiger charge is -2.12. The molecule has 0 aliphatic carbocycles. The summed E-state index contributed by atoms with van der Waals surface area (Å²) in [4.78, 5) is 35.8. The van der Waals surface area contributed by atoms with Crippen molar-refractivity contribution in [1.82, 2.24) is 19.5 Å². The number of aromatic nitrogens is 4. The molecule has 2 aromatic rings. The number of rotatable bonds is 5. The van der Waals surface area contributed by atoms with E-state index in [1.807, 2.05) is 0 Å². The average molecular weight is 363 g/mol. The van der Waals surface area contributed by atoms with E-state index in [0.29, 0.717) is 5.57 Å². The highest BCUT2D eigenvalue weighted by molar-refractivity contribution is 6.10. The fraction of sp³-hybridized carbons (Fsp3) is 0.267. The first-order valence-corrected chi connectivity index (χ1v) is 7.34. The summed E-state index contributed by atoms with van der Waals surface area (Å²) >= 11 is 0. The van der Waals surface area contributed by atoms with Crippen molar-refractivity contribution in [2.24, 2.45) is 0 Å². The second-order valence-electron chi connectivity index (χ2n) is 5.57. The van der Waals surface area contributed by atoms with Crippen LogP contribution in [0, 0.1) is 6.08 Å². The molecule has 2 aromatic heterocycles. The van der Waals surface area contributed by atoms with Gasteiger partial charge in [-0.05, 0) is 6.92 Å². The number of carbonyl (C=O) groups excluding carboxylic acids is 1. The zero-order valence-electron chi connectivity index (χ0n) is 14.0. The van der Waals surface area contributed by atoms with Crippen LogP contribution in [-0.4, -0.2) is 56.9 Å². The molecule has 1 aliphatic heterocycles. The number of imidazole rings is 1. The summed E-state index contributed by atoms with van der Waals surface area (Å²) < 4.78 is 24.8. The lowest BCUT2D eigenvalue weighted by atomic mass is 10.3. The summed E-state index contributed by atoms with van der Waals surface area (Å²) in [6.07, 6.45) is 1.37. The number of cyclic esters (lactones) is 1. The Morgan fingerprint density at radius 2 is 2.19 bits per heavy atom. The molecule has 0 fully saturated rings. The number of carboxylic acids is 1. The molecule has 136 valence electrons. The molecular formula is C15H14FN5O5. The van der Waals surface area contributed by atoms with Gasteiger partial charge in [-0.15, -0.1) is 0 Å². The van der Waals surface area contributed by atoms with E-state index >= 15 is 0 Å². The number of carboxylic acid groups (broad SMARTS) is 1. The first-order valence-electron chi connectivity index (χ1n) is 7.34. The minimum atomic E-state index is -1.38. The molecule has 0 amide bonds. The predicted molar refractivity (Wildman–Crippen MR) is 86.2 cm³/mol. The van der Waals surface area contributed by atoms with E-state index < -0.39 is 30.0 Å². The highest BCUT2D eigenvalue weighted by Gasteiger charge is 2.24. The van der Waals surface area contributed by atoms with E-state index in [-0.39, 0.29) is 17.0 Å². The van der Waals surface area contributed by atoms with E-state index in [2.05, 4.69) is 15.0 Å². The molecule has 1 unspecified atom stereocenters. The molecule has 0 spiro atoms. The lowest BCUT2D eigenvalue weighted by molar-refractivity contribution is -0.152. The third-order valence-corrected chi connectivity index (χ3v) is 3.50. The Hall–Kier alpha value is -3.50. The molecule has 0 bridgehead atoms. The first-order chi connectivity index (χ1) is 12.3. The second kappa shape index (κ2) is 6.43. The Kier molecular flexibility index (Phi) is 4.28. The zero-order chi connectivity index (χ0) is 19.0. The van der Waals surface area contributed by atoms with E-state index in [0.717, 1.165) is 17.2 Å². The summed E-state index contributed by atoms with van der Waals surface area (Å²) in [7, 11) is 3.28. The zero-order valence-corrected chi connectivity index (χ0v) is 14.0. The van der Waals surface area contributed by atoms with Crippen molar-refractivity contribution < 1.29 is 28.6 Å². The molecule has 0 saturated carbocycles. The lowest BCUT2D eigenvalue weighted by Crippen LogP contribution is -2.15. The number of hydrogen-bond donors (Lipinski definition) is 1. The van der Waals surface area contributed by atoms with Crippen molar-refractivity contribution in [2.75, 3.05) is 19.0 Å². The monoisotopic (exact) mass is 363 g/mol. The highest BCUT2D eigenvalue weighted by atomic mass is 19.1. The van der Waals surface area contributed by atoms with E-state index in [9.17, 15) is 19.1 Å². The molecule has 10 nitrogen and oxygen atoms in total. The number of ether oxygens (including phenoxy) is 2. The number of nitrogens with zero attached hydrogens (tertiary/aromatic N) is 5. The number of carbonyl (C=O) groups is 2. The molecule has 1 N–H and O–H groups in total. The van der Waals surface area contributed by atoms with Crippen LogP contribution in [0.1, 0.15) is 6.92 Å². The Balaban J connectivity index is 2.03. The molecule has 0 aromatic carbocycles. The largest absolute Gasteiger partial charge is 0.476 e. The van der Waals surface area contributed by atoms with Gasteiger partial charge in [0, 0.05) is 25.7 Å². The molecule has 26 heavy (non-hydrogen) atoms. The Labute approximate surface area is 146 Å². The summed E-state index contributed by atoms with van der Waals surface area (Å²) in [6.45, 7) is 1.54. The van der Waals surface area contributed by atoms with Gasteiger partial charge in [-0.2, -0.15) is 14.4 Å². The van der Waals surface area contributed by atoms with Crippen molar-refractivity contribution >= 4 is 34.6 Å². The second-order valence-corrected chi connectivity index (χ2v) is 5.57. The van der Waals surface area contributed by atoms with Gasteiger partial charge in [-0.1, -0.05) is 0 Å². The standard InChI is InChI=1S/C15H14FN5O5/c1-7-4-9(26-14(7)24)25-5-8(13(22)23)21-6-17-10-11(20(2)3)18-15(16)19-12(10)21/h4-6,9H,1-3H3,(H,22,23)/b8-5-. The predicted octanol–water partition coefficient (Wildman–Crippen LogP) is 0.760. The number of fused-ring (bicyclic) bond motifs is 1. The maximum absolute atomic E-state index is 13.7. The van der Waals surface area contributed by atoms with Crippen LogP contribution < -0.4 is 4.90 Å². The minimum Gasteiger partial charge on any atom is -0.476 e. The van der Waals surface area contributed by atoms with Gasteiger partial charge in [0.2, 0.25) is 0 Å². The van der Waals surface area contributed by atoms with Gasteiger partial charge < -0.3 is 19.5 Å². The van der Waals surface area contributed by atoms with Crippen LogP contribution in [0.15, 0.2) is 24.2 Å². The number of anilines is 1. The van der Waals surface area contributed by atoms with Crippen LogP contribution in [-0.2, 0) is 19.1 Å². The van der Waals surface area contributed by atoms with Crippen LogP contribution in [0.3, 0.4) is 0 Å². The van der Waals surface area contributed by atoms with Crippen molar-refractivity contribution in [3.63, 3.8) is 0 Å². The molecule has 11 heteroatoms. The number of hydrogen-bond acceptors (Lipinski definition) is 8. The molecule has 3 rings (SSSR count). The van der Waals surface area contributed by atoms with Crippen molar-refractivity contribution in [2.45, 2.75) is 13.2 Å². The quantitative estimate of drug-likeness (QED) is 0.355. The normalized spacial score (nSPS) is 17.2. The third-order valence-electron chi connectivity index (χ3n) is 3.50. The van der Waals surface area contributed by atoms with Crippen LogP contribution in [0.4, 0.5) is 10.2 Å². The summed E-state index contributed by atoms with van der Waals surface area (Å²) in [5.41, 5.74) is 0.114. The van der Waals surface area contributed by atoms with Crippen LogP contribution >= 0.6 is 0 Å². The van der Waals surface area contributed by atoms with Crippen molar-refractivity contribution in [3.05, 3.63) is 30.3 Å². The summed E-state index contributed by atoms with van der Waals surface area (Å²) in [6, 6.07) is 0. The van der Waals surface area contributed by atoms with Gasteiger partial charge >= 0.3 is 18.0 Å². The van der Waals surface area contributed by atoms with Crippen molar-refractivity contribution in [1.29, 1.82) is 0 Å². The third kappa shape index (κ3) is 3.06. The molecule has 0 saturated heterocycles. The Bertz CT molecular complexity index is 965. The van der Waals surface area contributed by atoms with Gasteiger partial charge in [0.1, 0.15) is 12.6 Å². The average Bonchev–Trinajstić information content (AvgIpc) is 3.10. The van der Waals surface area contributed by atoms with Crippen molar-refractivity contribution in [3.8, 4) is 0 Å². The summed E-state index contributed by atoms with van der Waals surface area (Å²) in [5, 5.41) is 9.46. The summed E-state index contributed by atoms with van der Waals surface area (Å²) in [5.74, 6) is -1.74. The van der Waals surface area contributed by atoms with E-state index in [4.69, 9.17) is 9.47 Å². The molecular weight excluding hydrogens is 349 g/mol. The van der Waals surface area contributed by atoms with E-state index in [1.165, 1.54) is 11.0 Å².